The zero-order chi connectivity index (χ0) is 14.5. The maximum Gasteiger partial charge on any atom is 0.327 e. The molecule has 2 rings (SSSR count). The molecule has 3 nitrogen and oxygen atoms in total. The van der Waals surface area contributed by atoms with Gasteiger partial charge >= 0.3 is 5.97 Å². The number of carbonyl (C=O) groups is 1. The Kier molecular flexibility index (Phi) is 5.17. The smallest absolute Gasteiger partial charge is 0.327 e. The van der Waals surface area contributed by atoms with Gasteiger partial charge in [0.05, 0.1) is 7.11 Å². The number of nitrogens with one attached hydrogen (secondary N) is 1. The van der Waals surface area contributed by atoms with Gasteiger partial charge in [-0.3, -0.25) is 5.32 Å². The van der Waals surface area contributed by atoms with Gasteiger partial charge < -0.3 is 4.74 Å². The van der Waals surface area contributed by atoms with E-state index in [1.165, 1.54) is 7.11 Å². The molecule has 0 radical (unpaired) electrons. The Hall–Kier alpha value is -1.36. The molecule has 0 saturated carbocycles. The second-order valence-electron chi connectivity index (χ2n) is 4.43. The molecule has 1 unspecified atom stereocenters. The van der Waals surface area contributed by atoms with Crippen molar-refractivity contribution >= 4 is 28.9 Å². The molecule has 1 aromatic heterocycles. The largest absolute Gasteiger partial charge is 0.468 e. The number of carbonyl (C=O) groups excluding carboxylic acids is 1. The molecule has 0 amide bonds. The summed E-state index contributed by atoms with van der Waals surface area (Å²) in [6, 6.07) is 9.09. The first kappa shape index (κ1) is 15.0. The Morgan fingerprint density at radius 1 is 1.45 bits per heavy atom. The average molecular weight is 310 g/mol. The molecule has 2 aromatic rings. The molecule has 0 bridgehead atoms. The van der Waals surface area contributed by atoms with E-state index in [2.05, 4.69) is 5.32 Å². The minimum atomic E-state index is -0.514. The first-order valence-electron chi connectivity index (χ1n) is 6.21. The van der Waals surface area contributed by atoms with Crippen LogP contribution in [-0.2, 0) is 16.1 Å². The first-order valence-corrected chi connectivity index (χ1v) is 7.47. The van der Waals surface area contributed by atoms with Crippen LogP contribution >= 0.6 is 22.9 Å². The topological polar surface area (TPSA) is 38.3 Å². The van der Waals surface area contributed by atoms with Crippen LogP contribution in [0.15, 0.2) is 35.7 Å². The second kappa shape index (κ2) is 6.88. The fourth-order valence-electron chi connectivity index (χ4n) is 1.86. The third-order valence-electron chi connectivity index (χ3n) is 3.03. The molecule has 1 N–H and O–H groups in total. The zero-order valence-electron chi connectivity index (χ0n) is 11.4. The van der Waals surface area contributed by atoms with Crippen LogP contribution in [0.2, 0.25) is 5.02 Å². The number of benzene rings is 1. The summed E-state index contributed by atoms with van der Waals surface area (Å²) in [5.41, 5.74) is 1.79. The number of halogens is 1. The van der Waals surface area contributed by atoms with Crippen LogP contribution < -0.4 is 5.32 Å². The molecule has 5 heteroatoms. The van der Waals surface area contributed by atoms with Gasteiger partial charge in [0, 0.05) is 16.4 Å². The number of rotatable bonds is 5. The molecule has 0 spiro atoms. The third kappa shape index (κ3) is 3.60. The van der Waals surface area contributed by atoms with Gasteiger partial charge in [-0.15, -0.1) is 11.3 Å². The molecule has 0 aliphatic rings. The van der Waals surface area contributed by atoms with Crippen molar-refractivity contribution in [1.29, 1.82) is 0 Å². The van der Waals surface area contributed by atoms with Gasteiger partial charge in [0.2, 0.25) is 0 Å². The predicted molar refractivity (Wildman–Crippen MR) is 82.1 cm³/mol. The highest BCUT2D eigenvalue weighted by Crippen LogP contribution is 2.23. The fraction of sp³-hybridized carbons (Fsp3) is 0.267. The van der Waals surface area contributed by atoms with Crippen molar-refractivity contribution < 1.29 is 9.53 Å². The summed E-state index contributed by atoms with van der Waals surface area (Å²) < 4.78 is 4.87. The van der Waals surface area contributed by atoms with Crippen LogP contribution in [0.1, 0.15) is 22.0 Å². The van der Waals surface area contributed by atoms with E-state index in [0.29, 0.717) is 11.6 Å². The van der Waals surface area contributed by atoms with Crippen LogP contribution in [0.25, 0.3) is 0 Å². The number of esters is 1. The van der Waals surface area contributed by atoms with E-state index >= 15 is 0 Å². The van der Waals surface area contributed by atoms with E-state index in [1.807, 2.05) is 36.6 Å². The van der Waals surface area contributed by atoms with Crippen LogP contribution in [0.4, 0.5) is 0 Å². The van der Waals surface area contributed by atoms with Crippen LogP contribution in [0.5, 0.6) is 0 Å². The average Bonchev–Trinajstić information content (AvgIpc) is 2.95. The Balaban J connectivity index is 2.18. The summed E-state index contributed by atoms with van der Waals surface area (Å²) >= 11 is 7.77. The van der Waals surface area contributed by atoms with E-state index in [0.717, 1.165) is 16.0 Å². The van der Waals surface area contributed by atoms with E-state index < -0.39 is 6.04 Å². The van der Waals surface area contributed by atoms with Crippen molar-refractivity contribution in [2.75, 3.05) is 7.11 Å². The molecule has 1 aromatic carbocycles. The Bertz CT molecular complexity index is 584. The van der Waals surface area contributed by atoms with Crippen LogP contribution in [0.3, 0.4) is 0 Å². The van der Waals surface area contributed by atoms with Crippen molar-refractivity contribution in [2.24, 2.45) is 0 Å². The molecule has 1 heterocycles. The maximum absolute atomic E-state index is 11.9. The predicted octanol–water partition coefficient (Wildman–Crippen LogP) is 3.71. The van der Waals surface area contributed by atoms with Gasteiger partial charge in [-0.2, -0.15) is 0 Å². The van der Waals surface area contributed by atoms with E-state index in [-0.39, 0.29) is 5.97 Å². The summed E-state index contributed by atoms with van der Waals surface area (Å²) in [5.74, 6) is -0.318. The molecular formula is C15H16ClNO2S. The molecule has 106 valence electrons. The van der Waals surface area contributed by atoms with Crippen molar-refractivity contribution in [3.05, 3.63) is 56.7 Å². The third-order valence-corrected chi connectivity index (χ3v) is 4.31. The monoisotopic (exact) mass is 309 g/mol. The molecule has 0 aliphatic heterocycles. The number of thiophene rings is 1. The van der Waals surface area contributed by atoms with E-state index in [1.54, 1.807) is 17.4 Å². The van der Waals surface area contributed by atoms with Gasteiger partial charge in [-0.05, 0) is 35.6 Å². The van der Waals surface area contributed by atoms with Crippen molar-refractivity contribution in [3.8, 4) is 0 Å². The van der Waals surface area contributed by atoms with Gasteiger partial charge in [0.25, 0.3) is 0 Å². The van der Waals surface area contributed by atoms with Gasteiger partial charge in [-0.1, -0.05) is 29.8 Å². The lowest BCUT2D eigenvalue weighted by atomic mass is 10.1. The lowest BCUT2D eigenvalue weighted by molar-refractivity contribution is -0.143. The molecule has 0 aliphatic carbocycles. The number of hydrogen-bond acceptors (Lipinski definition) is 4. The molecule has 20 heavy (non-hydrogen) atoms. The summed E-state index contributed by atoms with van der Waals surface area (Å²) in [6.45, 7) is 2.54. The van der Waals surface area contributed by atoms with Crippen LogP contribution in [-0.4, -0.2) is 13.1 Å². The zero-order valence-corrected chi connectivity index (χ0v) is 12.9. The minimum Gasteiger partial charge on any atom is -0.468 e. The highest BCUT2D eigenvalue weighted by atomic mass is 35.5. The van der Waals surface area contributed by atoms with Gasteiger partial charge in [0.15, 0.2) is 0 Å². The minimum absolute atomic E-state index is 0.318. The Labute approximate surface area is 127 Å². The number of methoxy groups -OCH3 is 1. The lowest BCUT2D eigenvalue weighted by Gasteiger charge is -2.17. The SMILES string of the molecule is COC(=O)C(NCc1cccs1)c1ccc(C)c(Cl)c1. The molecular weight excluding hydrogens is 294 g/mol. The van der Waals surface area contributed by atoms with Crippen molar-refractivity contribution in [3.63, 3.8) is 0 Å². The number of aryl methyl sites for hydroxylation is 1. The highest BCUT2D eigenvalue weighted by Gasteiger charge is 2.21. The molecule has 0 saturated heterocycles. The maximum atomic E-state index is 11.9. The molecule has 0 fully saturated rings. The van der Waals surface area contributed by atoms with Crippen molar-refractivity contribution in [1.82, 2.24) is 5.32 Å². The summed E-state index contributed by atoms with van der Waals surface area (Å²) in [7, 11) is 1.39. The van der Waals surface area contributed by atoms with E-state index in [4.69, 9.17) is 16.3 Å². The van der Waals surface area contributed by atoms with Crippen LogP contribution in [0, 0.1) is 6.92 Å². The fourth-order valence-corrected chi connectivity index (χ4v) is 2.70. The summed E-state index contributed by atoms with van der Waals surface area (Å²) in [5, 5.41) is 5.87. The second-order valence-corrected chi connectivity index (χ2v) is 5.86. The van der Waals surface area contributed by atoms with Gasteiger partial charge in [-0.25, -0.2) is 4.79 Å². The first-order chi connectivity index (χ1) is 9.61. The number of ether oxygens (including phenoxy) is 1. The molecule has 1 atom stereocenters. The normalized spacial score (nSPS) is 12.2. The Morgan fingerprint density at radius 3 is 2.85 bits per heavy atom. The highest BCUT2D eigenvalue weighted by molar-refractivity contribution is 7.09. The Morgan fingerprint density at radius 2 is 2.25 bits per heavy atom. The van der Waals surface area contributed by atoms with Crippen molar-refractivity contribution in [2.45, 2.75) is 19.5 Å². The summed E-state index contributed by atoms with van der Waals surface area (Å²) in [6.07, 6.45) is 0. The summed E-state index contributed by atoms with van der Waals surface area (Å²) in [4.78, 5) is 13.1. The van der Waals surface area contributed by atoms with E-state index in [9.17, 15) is 4.79 Å². The number of hydrogen-bond donors (Lipinski definition) is 1. The van der Waals surface area contributed by atoms with Gasteiger partial charge in [0.1, 0.15) is 6.04 Å². The quantitative estimate of drug-likeness (QED) is 0.856. The lowest BCUT2D eigenvalue weighted by Crippen LogP contribution is -2.29. The standard InChI is InChI=1S/C15H16ClNO2S/c1-10-5-6-11(8-13(10)16)14(15(18)19-2)17-9-12-4-3-7-20-12/h3-8,14,17H,9H2,1-2H3.